The number of sulfonamides is 1. The topological polar surface area (TPSA) is 107 Å². The van der Waals surface area contributed by atoms with Crippen molar-refractivity contribution in [3.63, 3.8) is 0 Å². The molecule has 1 N–H and O–H groups in total. The lowest BCUT2D eigenvalue weighted by Gasteiger charge is -2.31. The third kappa shape index (κ3) is 5.40. The molecule has 0 aliphatic carbocycles. The van der Waals surface area contributed by atoms with Gasteiger partial charge in [-0.3, -0.25) is 4.79 Å². The summed E-state index contributed by atoms with van der Waals surface area (Å²) in [6, 6.07) is 9.47. The third-order valence-electron chi connectivity index (χ3n) is 5.90. The van der Waals surface area contributed by atoms with Gasteiger partial charge in [0, 0.05) is 26.1 Å². The maximum Gasteiger partial charge on any atom is 0.279 e. The Labute approximate surface area is 194 Å². The summed E-state index contributed by atoms with van der Waals surface area (Å²) in [6.07, 6.45) is 3.03. The van der Waals surface area contributed by atoms with Crippen molar-refractivity contribution < 1.29 is 31.9 Å². The Morgan fingerprint density at radius 3 is 2.45 bits per heavy atom. The molecule has 1 amide bonds. The fraction of sp³-hybridized carbons (Fsp3) is 0.522. The van der Waals surface area contributed by atoms with Gasteiger partial charge < -0.3 is 13.9 Å². The molecule has 1 unspecified atom stereocenters. The van der Waals surface area contributed by atoms with Crippen LogP contribution >= 0.6 is 0 Å². The first-order valence-electron chi connectivity index (χ1n) is 11.3. The molecule has 2 aliphatic heterocycles. The Bertz CT molecular complexity index is 1050. The minimum absolute atomic E-state index is 0.0361. The summed E-state index contributed by atoms with van der Waals surface area (Å²) < 4.78 is 45.4. The van der Waals surface area contributed by atoms with Gasteiger partial charge in [-0.2, -0.15) is 4.31 Å². The van der Waals surface area contributed by atoms with Gasteiger partial charge in [0.1, 0.15) is 33.8 Å². The van der Waals surface area contributed by atoms with E-state index in [0.29, 0.717) is 25.9 Å². The van der Waals surface area contributed by atoms with Crippen LogP contribution in [0.1, 0.15) is 54.0 Å². The van der Waals surface area contributed by atoms with E-state index in [-0.39, 0.29) is 41.2 Å². The number of hydrogen-bond donors (Lipinski definition) is 1. The lowest BCUT2D eigenvalue weighted by molar-refractivity contribution is -0.186. The molecule has 3 heterocycles. The van der Waals surface area contributed by atoms with E-state index in [1.54, 1.807) is 13.8 Å². The monoisotopic (exact) mass is 478 g/mol. The Kier molecular flexibility index (Phi) is 7.38. The molecule has 1 atom stereocenters. The average molecular weight is 479 g/mol. The van der Waals surface area contributed by atoms with Gasteiger partial charge in [0.25, 0.3) is 5.91 Å². The van der Waals surface area contributed by atoms with Gasteiger partial charge in [0.05, 0.1) is 0 Å². The predicted octanol–water partition coefficient (Wildman–Crippen LogP) is 3.32. The molecule has 4 rings (SSSR count). The van der Waals surface area contributed by atoms with E-state index in [1.165, 1.54) is 4.31 Å². The van der Waals surface area contributed by atoms with Crippen molar-refractivity contribution in [1.82, 2.24) is 9.79 Å². The molecule has 1 aromatic heterocycles. The van der Waals surface area contributed by atoms with Gasteiger partial charge in [-0.1, -0.05) is 18.2 Å². The van der Waals surface area contributed by atoms with Crippen molar-refractivity contribution >= 4 is 15.9 Å². The molecule has 0 saturated carbocycles. The van der Waals surface area contributed by atoms with E-state index >= 15 is 0 Å². The van der Waals surface area contributed by atoms with E-state index in [2.05, 4.69) is 5.48 Å². The molecule has 2 fully saturated rings. The summed E-state index contributed by atoms with van der Waals surface area (Å²) in [5, 5.41) is 0. The predicted molar refractivity (Wildman–Crippen MR) is 119 cm³/mol. The number of piperidine rings is 1. The molecule has 2 saturated heterocycles. The Morgan fingerprint density at radius 2 is 1.79 bits per heavy atom. The maximum absolute atomic E-state index is 13.5. The summed E-state index contributed by atoms with van der Waals surface area (Å²) >= 11 is 0. The molecule has 2 aliphatic rings. The highest BCUT2D eigenvalue weighted by Gasteiger charge is 2.37. The lowest BCUT2D eigenvalue weighted by Crippen LogP contribution is -2.42. The highest BCUT2D eigenvalue weighted by molar-refractivity contribution is 7.89. The van der Waals surface area contributed by atoms with Crippen LogP contribution < -0.4 is 10.2 Å². The quantitative estimate of drug-likeness (QED) is 0.608. The summed E-state index contributed by atoms with van der Waals surface area (Å²) in [6.45, 7) is 4.26. The van der Waals surface area contributed by atoms with Crippen molar-refractivity contribution in [1.29, 1.82) is 0 Å². The average Bonchev–Trinajstić information content (AvgIpc) is 3.13. The van der Waals surface area contributed by atoms with Crippen LogP contribution in [-0.4, -0.2) is 50.7 Å². The Hall–Kier alpha value is -2.40. The number of carbonyl (C=O) groups is 1. The van der Waals surface area contributed by atoms with E-state index in [0.717, 1.165) is 18.6 Å². The molecule has 180 valence electrons. The molecule has 10 heteroatoms. The first-order valence-corrected chi connectivity index (χ1v) is 12.7. The van der Waals surface area contributed by atoms with Crippen molar-refractivity contribution in [3.05, 3.63) is 47.4 Å². The number of furan rings is 1. The molecule has 9 nitrogen and oxygen atoms in total. The molecule has 0 spiro atoms. The number of hydroxylamine groups is 1. The highest BCUT2D eigenvalue weighted by Crippen LogP contribution is 2.31. The summed E-state index contributed by atoms with van der Waals surface area (Å²) in [5.41, 5.74) is 2.31. The van der Waals surface area contributed by atoms with Gasteiger partial charge in [0.15, 0.2) is 6.29 Å². The summed E-state index contributed by atoms with van der Waals surface area (Å²) in [4.78, 5) is 18.1. The third-order valence-corrected chi connectivity index (χ3v) is 7.95. The zero-order valence-electron chi connectivity index (χ0n) is 18.9. The maximum atomic E-state index is 13.5. The fourth-order valence-corrected chi connectivity index (χ4v) is 6.07. The van der Waals surface area contributed by atoms with Crippen molar-refractivity contribution in [2.75, 3.05) is 19.7 Å². The minimum Gasteiger partial charge on any atom is -0.490 e. The van der Waals surface area contributed by atoms with Gasteiger partial charge in [0.2, 0.25) is 10.0 Å². The largest absolute Gasteiger partial charge is 0.490 e. The van der Waals surface area contributed by atoms with Gasteiger partial charge >= 0.3 is 0 Å². The standard InChI is InChI=1S/C23H30N2O7S/c1-16-21(23(26)24-32-20-10-6-7-15-29-20)22(17(2)30-16)33(27,28)25-13-11-19(12-14-25)31-18-8-4-3-5-9-18/h3-5,8-9,19-20H,6-7,10-15H2,1-2H3,(H,24,26). The number of ether oxygens (including phenoxy) is 2. The van der Waals surface area contributed by atoms with Crippen LogP contribution in [0.15, 0.2) is 39.6 Å². The zero-order valence-corrected chi connectivity index (χ0v) is 19.7. The second-order valence-corrected chi connectivity index (χ2v) is 10.2. The second kappa shape index (κ2) is 10.3. The molecular formula is C23H30N2O7S. The molecule has 0 radical (unpaired) electrons. The Balaban J connectivity index is 1.44. The van der Waals surface area contributed by atoms with Gasteiger partial charge in [-0.15, -0.1) is 0 Å². The minimum atomic E-state index is -3.95. The number of nitrogens with zero attached hydrogens (tertiary/aromatic N) is 1. The van der Waals surface area contributed by atoms with E-state index in [4.69, 9.17) is 18.7 Å². The van der Waals surface area contributed by atoms with E-state index < -0.39 is 22.2 Å². The van der Waals surface area contributed by atoms with Gasteiger partial charge in [-0.25, -0.2) is 18.7 Å². The molecule has 1 aromatic carbocycles. The molecular weight excluding hydrogens is 448 g/mol. The van der Waals surface area contributed by atoms with Crippen LogP contribution in [0.2, 0.25) is 0 Å². The summed E-state index contributed by atoms with van der Waals surface area (Å²) in [7, 11) is -3.95. The lowest BCUT2D eigenvalue weighted by atomic mass is 10.1. The molecule has 2 aromatic rings. The van der Waals surface area contributed by atoms with Crippen LogP contribution in [0.25, 0.3) is 0 Å². The number of benzene rings is 1. The van der Waals surface area contributed by atoms with Crippen LogP contribution in [0, 0.1) is 13.8 Å². The number of carbonyl (C=O) groups excluding carboxylic acids is 1. The smallest absolute Gasteiger partial charge is 0.279 e. The zero-order chi connectivity index (χ0) is 23.4. The molecule has 33 heavy (non-hydrogen) atoms. The van der Waals surface area contributed by atoms with Crippen LogP contribution in [0.5, 0.6) is 5.75 Å². The van der Waals surface area contributed by atoms with Crippen molar-refractivity contribution in [2.45, 2.75) is 63.2 Å². The first-order chi connectivity index (χ1) is 15.9. The SMILES string of the molecule is Cc1oc(C)c(S(=O)(=O)N2CCC(Oc3ccccc3)CC2)c1C(=O)NOC1CCCCO1. The van der Waals surface area contributed by atoms with E-state index in [1.807, 2.05) is 30.3 Å². The second-order valence-electron chi connectivity index (χ2n) is 8.30. The van der Waals surface area contributed by atoms with Crippen LogP contribution in [0.3, 0.4) is 0 Å². The van der Waals surface area contributed by atoms with Gasteiger partial charge in [-0.05, 0) is 51.7 Å². The van der Waals surface area contributed by atoms with Crippen LogP contribution in [-0.2, 0) is 19.6 Å². The number of aryl methyl sites for hydroxylation is 2. The van der Waals surface area contributed by atoms with Crippen molar-refractivity contribution in [2.24, 2.45) is 0 Å². The Morgan fingerprint density at radius 1 is 1.06 bits per heavy atom. The molecule has 0 bridgehead atoms. The van der Waals surface area contributed by atoms with E-state index in [9.17, 15) is 13.2 Å². The number of para-hydroxylation sites is 1. The highest BCUT2D eigenvalue weighted by atomic mass is 32.2. The number of amides is 1. The van der Waals surface area contributed by atoms with Crippen LogP contribution in [0.4, 0.5) is 0 Å². The first kappa shape index (κ1) is 23.7. The summed E-state index contributed by atoms with van der Waals surface area (Å²) in [5.74, 6) is 0.494. The normalized spacial score (nSPS) is 20.5. The number of nitrogens with one attached hydrogen (secondary N) is 1. The fourth-order valence-electron chi connectivity index (χ4n) is 4.22. The van der Waals surface area contributed by atoms with Crippen molar-refractivity contribution in [3.8, 4) is 5.75 Å². The number of hydrogen-bond acceptors (Lipinski definition) is 7. The number of rotatable bonds is 7.